The van der Waals surface area contributed by atoms with Gasteiger partial charge in [-0.3, -0.25) is 0 Å². The number of rotatable bonds is 9. The van der Waals surface area contributed by atoms with Crippen molar-refractivity contribution < 1.29 is 9.47 Å². The zero-order valence-corrected chi connectivity index (χ0v) is 10.5. The van der Waals surface area contributed by atoms with E-state index in [1.165, 1.54) is 11.1 Å². The van der Waals surface area contributed by atoms with Crippen LogP contribution in [0.5, 0.6) is 0 Å². The van der Waals surface area contributed by atoms with E-state index in [1.807, 2.05) is 24.3 Å². The Hall–Kier alpha value is -1.56. The number of ether oxygens (including phenoxy) is 2. The van der Waals surface area contributed by atoms with Crippen molar-refractivity contribution in [2.24, 2.45) is 0 Å². The molecule has 0 N–H and O–H groups in total. The molecule has 0 amide bonds. The lowest BCUT2D eigenvalue weighted by Gasteiger charge is -2.05. The van der Waals surface area contributed by atoms with Crippen LogP contribution < -0.4 is 0 Å². The average Bonchev–Trinajstić information content (AvgIpc) is 3.05. The van der Waals surface area contributed by atoms with E-state index in [-0.39, 0.29) is 0 Å². The number of hydrogen-bond donors (Lipinski definition) is 0. The van der Waals surface area contributed by atoms with Gasteiger partial charge in [-0.1, -0.05) is 24.3 Å². The van der Waals surface area contributed by atoms with Gasteiger partial charge in [-0.15, -0.1) is 11.5 Å². The summed E-state index contributed by atoms with van der Waals surface area (Å²) < 4.78 is 11.0. The zero-order valence-electron chi connectivity index (χ0n) is 10.5. The van der Waals surface area contributed by atoms with Crippen LogP contribution in [0.15, 0.2) is 59.1 Å². The Labute approximate surface area is 108 Å². The van der Waals surface area contributed by atoms with E-state index in [2.05, 4.69) is 23.6 Å². The fraction of sp³-hybridized carbons (Fsp3) is 0.375. The summed E-state index contributed by atoms with van der Waals surface area (Å²) in [6.07, 6.45) is 13.8. The fourth-order valence-corrected chi connectivity index (χ4v) is 1.73. The van der Waals surface area contributed by atoms with Crippen molar-refractivity contribution in [2.45, 2.75) is 12.8 Å². The number of hydrogen-bond acceptors (Lipinski definition) is 2. The third-order valence-corrected chi connectivity index (χ3v) is 2.73. The second-order valence-electron chi connectivity index (χ2n) is 4.12. The van der Waals surface area contributed by atoms with E-state index in [1.54, 1.807) is 0 Å². The molecule has 0 aromatic carbocycles. The van der Waals surface area contributed by atoms with E-state index in [4.69, 9.17) is 9.47 Å². The van der Waals surface area contributed by atoms with Crippen molar-refractivity contribution in [3.8, 4) is 0 Å². The summed E-state index contributed by atoms with van der Waals surface area (Å²) in [6.45, 7) is 2.79. The third kappa shape index (κ3) is 4.75. The van der Waals surface area contributed by atoms with E-state index in [0.29, 0.717) is 13.2 Å². The summed E-state index contributed by atoms with van der Waals surface area (Å²) in [7, 11) is 0. The van der Waals surface area contributed by atoms with Crippen molar-refractivity contribution in [2.75, 3.05) is 26.4 Å². The van der Waals surface area contributed by atoms with Gasteiger partial charge in [0.15, 0.2) is 0 Å². The molecule has 0 saturated carbocycles. The molecule has 0 aliphatic heterocycles. The maximum absolute atomic E-state index is 5.49. The molecule has 0 heterocycles. The molecule has 2 aliphatic rings. The van der Waals surface area contributed by atoms with Crippen LogP contribution in [0.25, 0.3) is 0 Å². The Kier molecular flexibility index (Phi) is 5.52. The van der Waals surface area contributed by atoms with E-state index >= 15 is 0 Å². The Morgan fingerprint density at radius 2 is 1.22 bits per heavy atom. The van der Waals surface area contributed by atoms with Crippen molar-refractivity contribution in [3.63, 3.8) is 0 Å². The smallest absolute Gasteiger partial charge is 0.0700 e. The molecule has 94 valence electrons. The van der Waals surface area contributed by atoms with Crippen molar-refractivity contribution >= 4 is 0 Å². The van der Waals surface area contributed by atoms with Crippen LogP contribution in [-0.4, -0.2) is 26.4 Å². The van der Waals surface area contributed by atoms with Gasteiger partial charge in [0, 0.05) is 12.8 Å². The highest BCUT2D eigenvalue weighted by atomic mass is 16.5. The molecule has 0 radical (unpaired) electrons. The predicted molar refractivity (Wildman–Crippen MR) is 72.3 cm³/mol. The summed E-state index contributed by atoms with van der Waals surface area (Å²) in [6, 6.07) is 0. The molecule has 0 aromatic rings. The molecular formula is C16H18O2. The highest BCUT2D eigenvalue weighted by molar-refractivity contribution is 5.29. The van der Waals surface area contributed by atoms with E-state index < -0.39 is 0 Å². The van der Waals surface area contributed by atoms with Gasteiger partial charge in [0.2, 0.25) is 0 Å². The summed E-state index contributed by atoms with van der Waals surface area (Å²) >= 11 is 0. The van der Waals surface area contributed by atoms with Crippen LogP contribution in [0, 0.1) is 0 Å². The van der Waals surface area contributed by atoms with Crippen molar-refractivity contribution in [1.82, 2.24) is 0 Å². The van der Waals surface area contributed by atoms with E-state index in [0.717, 1.165) is 26.1 Å². The zero-order chi connectivity index (χ0) is 12.5. The maximum Gasteiger partial charge on any atom is 0.0700 e. The molecule has 0 aromatic heterocycles. The molecule has 2 heteroatoms. The summed E-state index contributed by atoms with van der Waals surface area (Å²) in [5, 5.41) is 0. The Morgan fingerprint density at radius 3 is 1.61 bits per heavy atom. The second kappa shape index (κ2) is 7.71. The first-order valence-corrected chi connectivity index (χ1v) is 6.35. The lowest BCUT2D eigenvalue weighted by molar-refractivity contribution is 0.0505. The molecule has 0 bridgehead atoms. The van der Waals surface area contributed by atoms with Gasteiger partial charge in [-0.05, 0) is 23.3 Å². The minimum Gasteiger partial charge on any atom is -0.379 e. The third-order valence-electron chi connectivity index (χ3n) is 2.73. The molecule has 0 unspecified atom stereocenters. The van der Waals surface area contributed by atoms with Crippen molar-refractivity contribution in [1.29, 1.82) is 0 Å². The van der Waals surface area contributed by atoms with Gasteiger partial charge in [-0.25, -0.2) is 0 Å². The topological polar surface area (TPSA) is 18.5 Å². The second-order valence-corrected chi connectivity index (χ2v) is 4.12. The monoisotopic (exact) mass is 242 g/mol. The molecule has 2 nitrogen and oxygen atoms in total. The van der Waals surface area contributed by atoms with Crippen LogP contribution in [-0.2, 0) is 9.47 Å². The Morgan fingerprint density at radius 1 is 0.722 bits per heavy atom. The van der Waals surface area contributed by atoms with Crippen LogP contribution in [0.3, 0.4) is 0 Å². The SMILES string of the molecule is C1=CC=CC=1CCOCCOCCC1=C=CC=C1. The molecule has 0 spiro atoms. The molecule has 0 fully saturated rings. The first-order valence-electron chi connectivity index (χ1n) is 6.35. The normalized spacial score (nSPS) is 15.6. The van der Waals surface area contributed by atoms with Gasteiger partial charge in [0.1, 0.15) is 0 Å². The Balaban J connectivity index is 1.40. The first-order chi connectivity index (χ1) is 8.95. The van der Waals surface area contributed by atoms with Crippen LogP contribution >= 0.6 is 0 Å². The molecule has 18 heavy (non-hydrogen) atoms. The minimum atomic E-state index is 0.658. The van der Waals surface area contributed by atoms with E-state index in [9.17, 15) is 0 Å². The summed E-state index contributed by atoms with van der Waals surface area (Å²) in [5.74, 6) is 0. The Bertz CT molecular complexity index is 409. The fourth-order valence-electron chi connectivity index (χ4n) is 1.73. The molecule has 0 saturated heterocycles. The highest BCUT2D eigenvalue weighted by Crippen LogP contribution is 2.07. The van der Waals surface area contributed by atoms with Crippen LogP contribution in [0.1, 0.15) is 12.8 Å². The average molecular weight is 242 g/mol. The summed E-state index contributed by atoms with van der Waals surface area (Å²) in [5.41, 5.74) is 8.72. The quantitative estimate of drug-likeness (QED) is 0.457. The van der Waals surface area contributed by atoms with Gasteiger partial charge >= 0.3 is 0 Å². The maximum atomic E-state index is 5.49. The predicted octanol–water partition coefficient (Wildman–Crippen LogP) is 3.10. The lowest BCUT2D eigenvalue weighted by Crippen LogP contribution is -2.06. The van der Waals surface area contributed by atoms with Crippen LogP contribution in [0.2, 0.25) is 0 Å². The standard InChI is InChI=1S/C16H18O2/c1-2-6-15(5-1)9-11-17-13-14-18-12-10-16-7-3-4-8-16/h1-5,7H,9-14H2. The van der Waals surface area contributed by atoms with Crippen molar-refractivity contribution in [3.05, 3.63) is 59.1 Å². The molecule has 2 aliphatic carbocycles. The summed E-state index contributed by atoms with van der Waals surface area (Å²) in [4.78, 5) is 0. The largest absolute Gasteiger partial charge is 0.379 e. The molecule has 2 rings (SSSR count). The lowest BCUT2D eigenvalue weighted by atomic mass is 10.2. The number of allylic oxidation sites excluding steroid dienone is 4. The van der Waals surface area contributed by atoms with Crippen LogP contribution in [0.4, 0.5) is 0 Å². The van der Waals surface area contributed by atoms with Gasteiger partial charge in [0.05, 0.1) is 26.4 Å². The van der Waals surface area contributed by atoms with Gasteiger partial charge in [0.25, 0.3) is 0 Å². The van der Waals surface area contributed by atoms with Gasteiger partial charge < -0.3 is 9.47 Å². The molecular weight excluding hydrogens is 224 g/mol. The first kappa shape index (κ1) is 12.9. The van der Waals surface area contributed by atoms with Gasteiger partial charge in [-0.2, -0.15) is 0 Å². The minimum absolute atomic E-state index is 0.658. The highest BCUT2D eigenvalue weighted by Gasteiger charge is 1.97. The molecule has 0 atom stereocenters.